The summed E-state index contributed by atoms with van der Waals surface area (Å²) >= 11 is 6.13. The molecule has 0 saturated heterocycles. The first-order valence-corrected chi connectivity index (χ1v) is 6.82. The number of carbonyl (C=O) groups excluding carboxylic acids is 1. The maximum atomic E-state index is 11.6. The molecule has 1 rings (SSSR count). The number of nitrogens with one attached hydrogen (secondary N) is 2. The van der Waals surface area contributed by atoms with E-state index in [2.05, 4.69) is 10.6 Å². The molecule has 0 radical (unpaired) electrons. The SMILES string of the molecule is CCNC(=O)C(C)NCc1cc(Cl)c(OC)c(OC)c1. The summed E-state index contributed by atoms with van der Waals surface area (Å²) in [6.45, 7) is 4.83. The van der Waals surface area contributed by atoms with E-state index in [1.54, 1.807) is 20.3 Å². The second-order valence-electron chi connectivity index (χ2n) is 4.31. The molecule has 0 aliphatic heterocycles. The zero-order valence-electron chi connectivity index (χ0n) is 12.2. The molecule has 5 nitrogen and oxygen atoms in total. The van der Waals surface area contributed by atoms with Crippen LogP contribution in [0.15, 0.2) is 12.1 Å². The van der Waals surface area contributed by atoms with Crippen LogP contribution in [0.3, 0.4) is 0 Å². The summed E-state index contributed by atoms with van der Waals surface area (Å²) in [5, 5.41) is 6.37. The first-order chi connectivity index (χ1) is 9.53. The zero-order chi connectivity index (χ0) is 15.1. The number of likely N-dealkylation sites (N-methyl/N-ethyl adjacent to an activating group) is 1. The second-order valence-corrected chi connectivity index (χ2v) is 4.72. The van der Waals surface area contributed by atoms with Gasteiger partial charge in [-0.15, -0.1) is 0 Å². The van der Waals surface area contributed by atoms with Gasteiger partial charge in [0.25, 0.3) is 0 Å². The van der Waals surface area contributed by atoms with Crippen LogP contribution in [0.4, 0.5) is 0 Å². The van der Waals surface area contributed by atoms with Gasteiger partial charge >= 0.3 is 0 Å². The Balaban J connectivity index is 2.74. The van der Waals surface area contributed by atoms with Crippen LogP contribution in [0.5, 0.6) is 11.5 Å². The number of amides is 1. The van der Waals surface area contributed by atoms with Gasteiger partial charge in [0.1, 0.15) is 0 Å². The lowest BCUT2D eigenvalue weighted by Gasteiger charge is -2.15. The van der Waals surface area contributed by atoms with Gasteiger partial charge in [-0.25, -0.2) is 0 Å². The maximum absolute atomic E-state index is 11.6. The van der Waals surface area contributed by atoms with Crippen LogP contribution in [-0.4, -0.2) is 32.7 Å². The fourth-order valence-corrected chi connectivity index (χ4v) is 2.07. The highest BCUT2D eigenvalue weighted by molar-refractivity contribution is 6.32. The average Bonchev–Trinajstić information content (AvgIpc) is 2.44. The summed E-state index contributed by atoms with van der Waals surface area (Å²) in [5.74, 6) is 1.05. The van der Waals surface area contributed by atoms with E-state index in [9.17, 15) is 4.79 Å². The summed E-state index contributed by atoms with van der Waals surface area (Å²) in [6, 6.07) is 3.35. The normalized spacial score (nSPS) is 11.8. The number of benzene rings is 1. The Labute approximate surface area is 124 Å². The highest BCUT2D eigenvalue weighted by Crippen LogP contribution is 2.35. The van der Waals surface area contributed by atoms with Crippen molar-refractivity contribution in [2.45, 2.75) is 26.4 Å². The Bertz CT molecular complexity index is 466. The van der Waals surface area contributed by atoms with Gasteiger partial charge in [-0.2, -0.15) is 0 Å². The van der Waals surface area contributed by atoms with E-state index in [0.717, 1.165) is 5.56 Å². The lowest BCUT2D eigenvalue weighted by Crippen LogP contribution is -2.41. The number of rotatable bonds is 7. The molecule has 0 aromatic heterocycles. The number of hydrogen-bond donors (Lipinski definition) is 2. The van der Waals surface area contributed by atoms with Crippen LogP contribution in [0.2, 0.25) is 5.02 Å². The van der Waals surface area contributed by atoms with E-state index in [0.29, 0.717) is 29.6 Å². The maximum Gasteiger partial charge on any atom is 0.236 e. The minimum absolute atomic E-state index is 0.0286. The van der Waals surface area contributed by atoms with Gasteiger partial charge in [0.05, 0.1) is 25.3 Å². The van der Waals surface area contributed by atoms with E-state index in [-0.39, 0.29) is 11.9 Å². The topological polar surface area (TPSA) is 59.6 Å². The van der Waals surface area contributed by atoms with Crippen molar-refractivity contribution >= 4 is 17.5 Å². The highest BCUT2D eigenvalue weighted by Gasteiger charge is 2.13. The standard InChI is InChI=1S/C14H21ClN2O3/c1-5-16-14(18)9(2)17-8-10-6-11(15)13(20-4)12(7-10)19-3/h6-7,9,17H,5,8H2,1-4H3,(H,16,18). The van der Waals surface area contributed by atoms with Crippen molar-refractivity contribution in [2.24, 2.45) is 0 Å². The first-order valence-electron chi connectivity index (χ1n) is 6.45. The molecule has 1 aromatic rings. The van der Waals surface area contributed by atoms with Gasteiger partial charge in [0.15, 0.2) is 11.5 Å². The van der Waals surface area contributed by atoms with E-state index in [1.165, 1.54) is 0 Å². The molecule has 1 unspecified atom stereocenters. The average molecular weight is 301 g/mol. The van der Waals surface area contributed by atoms with Crippen molar-refractivity contribution in [3.63, 3.8) is 0 Å². The van der Waals surface area contributed by atoms with Crippen molar-refractivity contribution in [2.75, 3.05) is 20.8 Å². The molecule has 0 spiro atoms. The molecule has 1 amide bonds. The summed E-state index contributed by atoms with van der Waals surface area (Å²) in [6.07, 6.45) is 0. The molecule has 0 bridgehead atoms. The van der Waals surface area contributed by atoms with Gasteiger partial charge in [0, 0.05) is 13.1 Å². The van der Waals surface area contributed by atoms with Crippen molar-refractivity contribution in [1.29, 1.82) is 0 Å². The van der Waals surface area contributed by atoms with Crippen molar-refractivity contribution in [3.8, 4) is 11.5 Å². The summed E-state index contributed by atoms with van der Waals surface area (Å²) < 4.78 is 10.4. The number of halogens is 1. The van der Waals surface area contributed by atoms with Crippen LogP contribution in [0, 0.1) is 0 Å². The van der Waals surface area contributed by atoms with E-state index < -0.39 is 0 Å². The summed E-state index contributed by atoms with van der Waals surface area (Å²) in [4.78, 5) is 11.6. The molecule has 2 N–H and O–H groups in total. The molecule has 0 fully saturated rings. The monoisotopic (exact) mass is 300 g/mol. The van der Waals surface area contributed by atoms with Crippen LogP contribution in [-0.2, 0) is 11.3 Å². The predicted octanol–water partition coefficient (Wildman–Crippen LogP) is 1.97. The molecule has 20 heavy (non-hydrogen) atoms. The summed E-state index contributed by atoms with van der Waals surface area (Å²) in [5.41, 5.74) is 0.920. The van der Waals surface area contributed by atoms with E-state index in [4.69, 9.17) is 21.1 Å². The third-order valence-electron chi connectivity index (χ3n) is 2.85. The van der Waals surface area contributed by atoms with Gasteiger partial charge in [0.2, 0.25) is 5.91 Å². The molecule has 0 heterocycles. The lowest BCUT2D eigenvalue weighted by atomic mass is 10.2. The molecule has 1 atom stereocenters. The largest absolute Gasteiger partial charge is 0.493 e. The minimum Gasteiger partial charge on any atom is -0.493 e. The Morgan fingerprint density at radius 3 is 2.60 bits per heavy atom. The smallest absolute Gasteiger partial charge is 0.236 e. The van der Waals surface area contributed by atoms with Gasteiger partial charge in [-0.3, -0.25) is 4.79 Å². The third-order valence-corrected chi connectivity index (χ3v) is 3.13. The Morgan fingerprint density at radius 1 is 1.35 bits per heavy atom. The van der Waals surface area contributed by atoms with Crippen LogP contribution < -0.4 is 20.1 Å². The van der Waals surface area contributed by atoms with Crippen molar-refractivity contribution in [3.05, 3.63) is 22.7 Å². The molecule has 112 valence electrons. The number of methoxy groups -OCH3 is 2. The summed E-state index contributed by atoms with van der Waals surface area (Å²) in [7, 11) is 3.10. The fourth-order valence-electron chi connectivity index (χ4n) is 1.76. The molecule has 1 aromatic carbocycles. The number of carbonyl (C=O) groups is 1. The third kappa shape index (κ3) is 4.28. The second kappa shape index (κ2) is 7.97. The first kappa shape index (κ1) is 16.6. The highest BCUT2D eigenvalue weighted by atomic mass is 35.5. The zero-order valence-corrected chi connectivity index (χ0v) is 13.0. The Morgan fingerprint density at radius 2 is 2.05 bits per heavy atom. The lowest BCUT2D eigenvalue weighted by molar-refractivity contribution is -0.122. The van der Waals surface area contributed by atoms with Crippen LogP contribution >= 0.6 is 11.6 Å². The van der Waals surface area contributed by atoms with Crippen LogP contribution in [0.25, 0.3) is 0 Å². The molecule has 0 aliphatic rings. The molecular weight excluding hydrogens is 280 g/mol. The Kier molecular flexibility index (Phi) is 6.61. The van der Waals surface area contributed by atoms with Crippen LogP contribution in [0.1, 0.15) is 19.4 Å². The van der Waals surface area contributed by atoms with Gasteiger partial charge in [-0.05, 0) is 31.5 Å². The van der Waals surface area contributed by atoms with Gasteiger partial charge in [-0.1, -0.05) is 11.6 Å². The molecule has 0 saturated carbocycles. The van der Waals surface area contributed by atoms with E-state index in [1.807, 2.05) is 19.9 Å². The number of hydrogen-bond acceptors (Lipinski definition) is 4. The molecule has 6 heteroatoms. The van der Waals surface area contributed by atoms with Gasteiger partial charge < -0.3 is 20.1 Å². The number of ether oxygens (including phenoxy) is 2. The minimum atomic E-state index is -0.276. The molecular formula is C14H21ClN2O3. The quantitative estimate of drug-likeness (QED) is 0.808. The fraction of sp³-hybridized carbons (Fsp3) is 0.500. The predicted molar refractivity (Wildman–Crippen MR) is 79.5 cm³/mol. The van der Waals surface area contributed by atoms with E-state index >= 15 is 0 Å². The Hall–Kier alpha value is -1.46. The van der Waals surface area contributed by atoms with Crippen molar-refractivity contribution < 1.29 is 14.3 Å². The molecule has 0 aliphatic carbocycles. The van der Waals surface area contributed by atoms with Crippen molar-refractivity contribution in [1.82, 2.24) is 10.6 Å².